The van der Waals surface area contributed by atoms with Gasteiger partial charge in [0.15, 0.2) is 0 Å². The highest BCUT2D eigenvalue weighted by molar-refractivity contribution is 5.99. The molecule has 4 rings (SSSR count). The number of rotatable bonds is 10. The first-order valence-corrected chi connectivity index (χ1v) is 16.1. The molecular formula is C36H50N6O3. The first kappa shape index (κ1) is 36.8. The van der Waals surface area contributed by atoms with E-state index < -0.39 is 18.2 Å². The van der Waals surface area contributed by atoms with Gasteiger partial charge in [-0.1, -0.05) is 71.9 Å². The molecule has 0 radical (unpaired) electrons. The van der Waals surface area contributed by atoms with Gasteiger partial charge in [-0.15, -0.1) is 0 Å². The molecule has 9 nitrogen and oxygen atoms in total. The first-order chi connectivity index (χ1) is 21.7. The molecular weight excluding hydrogens is 564 g/mol. The van der Waals surface area contributed by atoms with E-state index in [1.165, 1.54) is 6.07 Å². The number of amidine groups is 1. The van der Waals surface area contributed by atoms with Crippen LogP contribution in [0.2, 0.25) is 0 Å². The maximum absolute atomic E-state index is 13.2. The normalized spacial score (nSPS) is 15.2. The van der Waals surface area contributed by atoms with Crippen molar-refractivity contribution in [1.82, 2.24) is 14.9 Å². The van der Waals surface area contributed by atoms with Gasteiger partial charge < -0.3 is 25.5 Å². The Morgan fingerprint density at radius 2 is 1.89 bits per heavy atom. The molecule has 0 saturated carbocycles. The zero-order valence-corrected chi connectivity index (χ0v) is 28.0. The Kier molecular flexibility index (Phi) is 15.0. The molecule has 9 heteroatoms. The summed E-state index contributed by atoms with van der Waals surface area (Å²) in [5, 5.41) is 22.6. The van der Waals surface area contributed by atoms with Gasteiger partial charge in [-0.05, 0) is 63.3 Å². The van der Waals surface area contributed by atoms with Gasteiger partial charge in [-0.3, -0.25) is 4.79 Å². The fourth-order valence-electron chi connectivity index (χ4n) is 4.68. The summed E-state index contributed by atoms with van der Waals surface area (Å²) in [4.78, 5) is 22.3. The number of nitrogens with zero attached hydrogens (tertiary/aromatic N) is 4. The zero-order chi connectivity index (χ0) is 33.5. The number of aliphatic imine (C=N–C) groups is 1. The fourth-order valence-corrected chi connectivity index (χ4v) is 4.68. The van der Waals surface area contributed by atoms with Crippen molar-refractivity contribution in [3.05, 3.63) is 77.3 Å². The van der Waals surface area contributed by atoms with Gasteiger partial charge in [-0.25, -0.2) is 9.98 Å². The fraction of sp³-hybridized carbons (Fsp3) is 0.444. The number of benzene rings is 2. The standard InChI is InChI=1S/C32H38N6O3.2C2H6/c1-5-29(39)37-30(34)26(36-32(40)24-13-14-28(41-20(2)3)25(17-24)18-33)16-22-9-11-23(12-10-22)27-19-38-15-7-6-8-21(4)31(38)35-27;2*1-2/h7,9-15,17,19-21,26,29,39H,5-6,8,16H2,1-4H3,(H2,34,37)(H,36,40);2*1-2H3/t21?,26-,29?;;/m0../s1. The molecule has 2 unspecified atom stereocenters. The van der Waals surface area contributed by atoms with Crippen molar-refractivity contribution in [3.63, 3.8) is 0 Å². The molecule has 2 aromatic carbocycles. The number of aromatic nitrogens is 2. The summed E-state index contributed by atoms with van der Waals surface area (Å²) >= 11 is 0. The van der Waals surface area contributed by atoms with E-state index in [1.807, 2.05) is 65.8 Å². The number of allylic oxidation sites excluding steroid dienone is 1. The average Bonchev–Trinajstić information content (AvgIpc) is 3.41. The Bertz CT molecular complexity index is 1470. The number of hydrogen-bond acceptors (Lipinski definition) is 6. The summed E-state index contributed by atoms with van der Waals surface area (Å²) in [5.41, 5.74) is 9.67. The summed E-state index contributed by atoms with van der Waals surface area (Å²) in [7, 11) is 0. The third kappa shape index (κ3) is 10.3. The van der Waals surface area contributed by atoms with Crippen LogP contribution in [0.15, 0.2) is 59.7 Å². The molecule has 2 heterocycles. The molecule has 1 amide bonds. The van der Waals surface area contributed by atoms with E-state index in [4.69, 9.17) is 15.5 Å². The van der Waals surface area contributed by atoms with Crippen LogP contribution in [0.1, 0.15) is 108 Å². The number of ether oxygens (including phenoxy) is 1. The predicted octanol–water partition coefficient (Wildman–Crippen LogP) is 7.06. The minimum absolute atomic E-state index is 0.109. The Morgan fingerprint density at radius 1 is 1.20 bits per heavy atom. The Balaban J connectivity index is 0.00000169. The summed E-state index contributed by atoms with van der Waals surface area (Å²) in [6.45, 7) is 15.7. The van der Waals surface area contributed by atoms with Crippen molar-refractivity contribution in [2.24, 2.45) is 10.7 Å². The van der Waals surface area contributed by atoms with Crippen molar-refractivity contribution in [1.29, 1.82) is 5.26 Å². The van der Waals surface area contributed by atoms with E-state index in [0.717, 1.165) is 35.5 Å². The van der Waals surface area contributed by atoms with E-state index in [0.29, 0.717) is 30.1 Å². The van der Waals surface area contributed by atoms with Crippen molar-refractivity contribution in [3.8, 4) is 23.1 Å². The van der Waals surface area contributed by atoms with Gasteiger partial charge in [0.1, 0.15) is 29.7 Å². The SMILES string of the molecule is CC.CC.CCC(O)/N=C(\N)[C@H](Cc1ccc(-c2cn3c(n2)C(C)CCC=C3)cc1)NC(=O)c1ccc(OC(C)C)c(C#N)c1. The summed E-state index contributed by atoms with van der Waals surface area (Å²) in [6, 6.07) is 14.1. The van der Waals surface area contributed by atoms with Gasteiger partial charge in [0.25, 0.3) is 5.91 Å². The van der Waals surface area contributed by atoms with Gasteiger partial charge in [-0.2, -0.15) is 5.26 Å². The molecule has 3 atom stereocenters. The lowest BCUT2D eigenvalue weighted by atomic mass is 10.0. The van der Waals surface area contributed by atoms with E-state index in [-0.39, 0.29) is 17.5 Å². The van der Waals surface area contributed by atoms with E-state index in [1.54, 1.807) is 19.1 Å². The molecule has 3 aromatic rings. The Labute approximate surface area is 268 Å². The minimum Gasteiger partial charge on any atom is -0.490 e. The van der Waals surface area contributed by atoms with Crippen LogP contribution in [0.3, 0.4) is 0 Å². The number of carbonyl (C=O) groups excluding carboxylic acids is 1. The highest BCUT2D eigenvalue weighted by atomic mass is 16.5. The minimum atomic E-state index is -0.970. The van der Waals surface area contributed by atoms with Crippen LogP contribution in [0.25, 0.3) is 17.5 Å². The number of nitriles is 1. The maximum Gasteiger partial charge on any atom is 0.251 e. The number of nitrogens with two attached hydrogens (primary N) is 1. The second kappa shape index (κ2) is 18.4. The molecule has 0 saturated heterocycles. The second-order valence-corrected chi connectivity index (χ2v) is 10.6. The summed E-state index contributed by atoms with van der Waals surface area (Å²) in [5.74, 6) is 1.57. The quantitative estimate of drug-likeness (QED) is 0.165. The molecule has 45 heavy (non-hydrogen) atoms. The lowest BCUT2D eigenvalue weighted by molar-refractivity contribution is 0.0945. The van der Waals surface area contributed by atoms with Gasteiger partial charge in [0, 0.05) is 29.4 Å². The topological polar surface area (TPSA) is 139 Å². The number of nitrogens with one attached hydrogen (secondary N) is 1. The number of imidazole rings is 1. The van der Waals surface area contributed by atoms with Crippen LogP contribution in [-0.2, 0) is 6.42 Å². The van der Waals surface area contributed by atoms with Gasteiger partial charge in [0.2, 0.25) is 0 Å². The van der Waals surface area contributed by atoms with Crippen LogP contribution in [-0.4, -0.2) is 44.8 Å². The molecule has 0 aliphatic carbocycles. The maximum atomic E-state index is 13.2. The largest absolute Gasteiger partial charge is 0.490 e. The number of aliphatic hydroxyl groups excluding tert-OH is 1. The molecule has 1 aliphatic heterocycles. The molecule has 0 fully saturated rings. The number of carbonyl (C=O) groups is 1. The van der Waals surface area contributed by atoms with Gasteiger partial charge in [0.05, 0.1) is 23.4 Å². The summed E-state index contributed by atoms with van der Waals surface area (Å²) in [6.07, 6.45) is 8.09. The van der Waals surface area contributed by atoms with E-state index >= 15 is 0 Å². The van der Waals surface area contributed by atoms with Crippen molar-refractivity contribution in [2.75, 3.05) is 0 Å². The highest BCUT2D eigenvalue weighted by Gasteiger charge is 2.21. The smallest absolute Gasteiger partial charge is 0.251 e. The zero-order valence-electron chi connectivity index (χ0n) is 28.0. The molecule has 242 valence electrons. The lowest BCUT2D eigenvalue weighted by Gasteiger charge is -2.20. The first-order valence-electron chi connectivity index (χ1n) is 16.1. The molecule has 0 bridgehead atoms. The monoisotopic (exact) mass is 614 g/mol. The third-order valence-electron chi connectivity index (χ3n) is 6.97. The van der Waals surface area contributed by atoms with Crippen molar-refractivity contribution >= 4 is 17.9 Å². The number of fused-ring (bicyclic) bond motifs is 1. The number of aliphatic hydroxyl groups is 1. The van der Waals surface area contributed by atoms with Crippen LogP contribution in [0.5, 0.6) is 5.75 Å². The lowest BCUT2D eigenvalue weighted by Crippen LogP contribution is -2.46. The Morgan fingerprint density at radius 3 is 2.51 bits per heavy atom. The average molecular weight is 615 g/mol. The molecule has 4 N–H and O–H groups in total. The molecule has 1 aliphatic rings. The van der Waals surface area contributed by atoms with E-state index in [2.05, 4.69) is 46.3 Å². The number of amides is 1. The Hall–Kier alpha value is -4.42. The molecule has 0 spiro atoms. The van der Waals surface area contributed by atoms with Crippen molar-refractivity contribution < 1.29 is 14.6 Å². The van der Waals surface area contributed by atoms with Crippen LogP contribution < -0.4 is 15.8 Å². The van der Waals surface area contributed by atoms with E-state index in [9.17, 15) is 15.2 Å². The predicted molar refractivity (Wildman–Crippen MR) is 183 cm³/mol. The van der Waals surface area contributed by atoms with Crippen LogP contribution in [0, 0.1) is 11.3 Å². The van der Waals surface area contributed by atoms with Gasteiger partial charge >= 0.3 is 0 Å². The summed E-state index contributed by atoms with van der Waals surface area (Å²) < 4.78 is 7.77. The highest BCUT2D eigenvalue weighted by Crippen LogP contribution is 2.28. The molecule has 1 aromatic heterocycles. The van der Waals surface area contributed by atoms with Crippen molar-refractivity contribution in [2.45, 2.75) is 105 Å². The number of hydrogen-bond donors (Lipinski definition) is 3. The van der Waals surface area contributed by atoms with Crippen LogP contribution >= 0.6 is 0 Å². The third-order valence-corrected chi connectivity index (χ3v) is 6.97. The van der Waals surface area contributed by atoms with Crippen LogP contribution in [0.4, 0.5) is 0 Å². The second-order valence-electron chi connectivity index (χ2n) is 10.6.